The number of benzene rings is 11. The van der Waals surface area contributed by atoms with Gasteiger partial charge in [-0.25, -0.2) is 0 Å². The summed E-state index contributed by atoms with van der Waals surface area (Å²) >= 11 is 0. The van der Waals surface area contributed by atoms with Gasteiger partial charge >= 0.3 is 0 Å². The van der Waals surface area contributed by atoms with Gasteiger partial charge < -0.3 is 4.57 Å². The minimum atomic E-state index is -0.509. The number of para-hydroxylation sites is 2. The van der Waals surface area contributed by atoms with Crippen LogP contribution in [0.1, 0.15) is 22.3 Å². The maximum Gasteiger partial charge on any atom is 0.263 e. The number of allylic oxidation sites excluding steroid dienone is 4. The molecule has 71 heavy (non-hydrogen) atoms. The second-order valence-electron chi connectivity index (χ2n) is 19.6. The number of hydrogen-bond donors (Lipinski definition) is 0. The van der Waals surface area contributed by atoms with Crippen molar-refractivity contribution in [1.29, 1.82) is 0 Å². The summed E-state index contributed by atoms with van der Waals surface area (Å²) in [6, 6.07) is 75.4. The molecule has 1 atom stereocenters. The molecular weight excluding hydrogens is 861 g/mol. The Morgan fingerprint density at radius 3 is 1.70 bits per heavy atom. The molecule has 3 aromatic heterocycles. The van der Waals surface area contributed by atoms with E-state index in [9.17, 15) is 4.79 Å². The lowest BCUT2D eigenvalue weighted by Gasteiger charge is -2.30. The largest absolute Gasteiger partial charge is 0.309 e. The maximum atomic E-state index is 14.1. The van der Waals surface area contributed by atoms with Gasteiger partial charge in [0.2, 0.25) is 0 Å². The standard InChI is InChI=1S/C68H40N2O/c1-3-15-59-39(2)43-16-8-11-25-60(43)68(59)61-26-12-9-20-49(61)56-38-65-58(37-62(56)68)50-21-10-13-27-63(50)69(65)42-30-32-48-47-31-28-40(34-54(47)44-17-4-5-18-45(44)55(48)36-42)41-29-33-64-57(35-41)52-24-14-23-51-46-19-6-7-22-53(46)67(71)70(64)66(51)52/h3-38H,1-2H2/b59-15+. The lowest BCUT2D eigenvalue weighted by Crippen LogP contribution is -2.25. The van der Waals surface area contributed by atoms with Crippen LogP contribution >= 0.6 is 0 Å². The van der Waals surface area contributed by atoms with Crippen molar-refractivity contribution in [3.8, 4) is 27.9 Å². The monoisotopic (exact) mass is 900 g/mol. The second-order valence-corrected chi connectivity index (χ2v) is 19.6. The van der Waals surface area contributed by atoms with E-state index < -0.39 is 5.41 Å². The number of rotatable bonds is 3. The molecule has 0 amide bonds. The van der Waals surface area contributed by atoms with Crippen molar-refractivity contribution in [1.82, 2.24) is 8.97 Å². The van der Waals surface area contributed by atoms with E-state index in [0.29, 0.717) is 0 Å². The van der Waals surface area contributed by atoms with E-state index in [-0.39, 0.29) is 5.56 Å². The molecule has 0 saturated heterocycles. The molecule has 0 N–H and O–H groups in total. The predicted molar refractivity (Wildman–Crippen MR) is 299 cm³/mol. The highest BCUT2D eigenvalue weighted by Crippen LogP contribution is 2.64. The normalized spacial score (nSPS) is 15.8. The van der Waals surface area contributed by atoms with Crippen molar-refractivity contribution in [2.75, 3.05) is 0 Å². The molecule has 2 aliphatic carbocycles. The van der Waals surface area contributed by atoms with Crippen molar-refractivity contribution in [2.24, 2.45) is 0 Å². The van der Waals surface area contributed by atoms with Crippen molar-refractivity contribution in [2.45, 2.75) is 5.41 Å². The first-order valence-corrected chi connectivity index (χ1v) is 24.4. The van der Waals surface area contributed by atoms with Gasteiger partial charge in [0.25, 0.3) is 5.56 Å². The van der Waals surface area contributed by atoms with Crippen molar-refractivity contribution >= 4 is 97.7 Å². The molecule has 0 bridgehead atoms. The van der Waals surface area contributed by atoms with E-state index in [1.807, 2.05) is 28.7 Å². The van der Waals surface area contributed by atoms with Crippen LogP contribution in [0, 0.1) is 0 Å². The molecular formula is C68H40N2O. The smallest absolute Gasteiger partial charge is 0.263 e. The second kappa shape index (κ2) is 13.7. The fraction of sp³-hybridized carbons (Fsp3) is 0.0147. The highest BCUT2D eigenvalue weighted by molar-refractivity contribution is 6.27. The van der Waals surface area contributed by atoms with E-state index in [2.05, 4.69) is 205 Å². The first kappa shape index (κ1) is 38.6. The van der Waals surface area contributed by atoms with E-state index >= 15 is 0 Å². The zero-order valence-electron chi connectivity index (χ0n) is 38.5. The molecule has 3 nitrogen and oxygen atoms in total. The van der Waals surface area contributed by atoms with Crippen LogP contribution in [-0.4, -0.2) is 8.97 Å². The molecule has 328 valence electrons. The topological polar surface area (TPSA) is 26.4 Å². The summed E-state index contributed by atoms with van der Waals surface area (Å²) in [6.07, 6.45) is 4.11. The maximum absolute atomic E-state index is 14.1. The van der Waals surface area contributed by atoms with Crippen LogP contribution in [0.5, 0.6) is 0 Å². The van der Waals surface area contributed by atoms with Crippen LogP contribution in [0.2, 0.25) is 0 Å². The highest BCUT2D eigenvalue weighted by Gasteiger charge is 2.53. The zero-order valence-corrected chi connectivity index (χ0v) is 38.5. The third-order valence-electron chi connectivity index (χ3n) is 16.4. The van der Waals surface area contributed by atoms with Crippen molar-refractivity contribution in [3.05, 3.63) is 270 Å². The summed E-state index contributed by atoms with van der Waals surface area (Å²) in [4.78, 5) is 14.1. The third kappa shape index (κ3) is 4.75. The zero-order chi connectivity index (χ0) is 46.9. The van der Waals surface area contributed by atoms with Crippen molar-refractivity contribution < 1.29 is 0 Å². The number of fused-ring (bicyclic) bond motifs is 21. The summed E-state index contributed by atoms with van der Waals surface area (Å²) in [7, 11) is 0. The number of pyridine rings is 1. The van der Waals surface area contributed by atoms with Gasteiger partial charge in [-0.3, -0.25) is 9.20 Å². The fourth-order valence-corrected chi connectivity index (χ4v) is 13.5. The first-order valence-electron chi connectivity index (χ1n) is 24.4. The molecule has 1 unspecified atom stereocenters. The Balaban J connectivity index is 0.897. The number of nitrogens with zero attached hydrogens (tertiary/aromatic N) is 2. The molecule has 0 radical (unpaired) electrons. The molecule has 0 saturated carbocycles. The van der Waals surface area contributed by atoms with Gasteiger partial charge in [0.05, 0.1) is 27.5 Å². The lowest BCUT2D eigenvalue weighted by atomic mass is 9.70. The third-order valence-corrected chi connectivity index (χ3v) is 16.4. The van der Waals surface area contributed by atoms with E-state index in [1.165, 1.54) is 93.1 Å². The minimum absolute atomic E-state index is 0.0259. The summed E-state index contributed by atoms with van der Waals surface area (Å²) < 4.78 is 4.40. The van der Waals surface area contributed by atoms with E-state index in [0.717, 1.165) is 60.4 Å². The number of hydrogen-bond acceptors (Lipinski definition) is 1. The van der Waals surface area contributed by atoms with Crippen LogP contribution in [0.25, 0.3) is 126 Å². The van der Waals surface area contributed by atoms with Crippen LogP contribution in [0.4, 0.5) is 0 Å². The van der Waals surface area contributed by atoms with Gasteiger partial charge in [0.15, 0.2) is 0 Å². The van der Waals surface area contributed by atoms with Gasteiger partial charge in [0, 0.05) is 38.0 Å². The average molecular weight is 901 g/mol. The van der Waals surface area contributed by atoms with Crippen LogP contribution in [-0.2, 0) is 5.41 Å². The molecule has 3 heteroatoms. The quantitative estimate of drug-likeness (QED) is 0.162. The van der Waals surface area contributed by atoms with Gasteiger partial charge in [-0.15, -0.1) is 0 Å². The van der Waals surface area contributed by atoms with Gasteiger partial charge in [-0.2, -0.15) is 0 Å². The Hall–Kier alpha value is -9.31. The number of aromatic nitrogens is 2. The van der Waals surface area contributed by atoms with Crippen LogP contribution < -0.4 is 5.56 Å². The molecule has 16 rings (SSSR count). The lowest BCUT2D eigenvalue weighted by molar-refractivity contribution is 0.796. The van der Waals surface area contributed by atoms with Crippen LogP contribution in [0.3, 0.4) is 0 Å². The molecule has 1 spiro atoms. The molecule has 0 aliphatic heterocycles. The Labute approximate surface area is 407 Å². The summed E-state index contributed by atoms with van der Waals surface area (Å²) in [5.74, 6) is 0. The van der Waals surface area contributed by atoms with E-state index in [1.54, 1.807) is 0 Å². The molecule has 14 aromatic rings. The molecule has 11 aromatic carbocycles. The average Bonchev–Trinajstić information content (AvgIpc) is 4.12. The predicted octanol–water partition coefficient (Wildman–Crippen LogP) is 16.9. The van der Waals surface area contributed by atoms with Crippen LogP contribution in [0.15, 0.2) is 242 Å². The Bertz CT molecular complexity index is 4870. The molecule has 2 aliphatic rings. The van der Waals surface area contributed by atoms with E-state index in [4.69, 9.17) is 6.58 Å². The summed E-state index contributed by atoms with van der Waals surface area (Å²) in [6.45, 7) is 8.89. The Morgan fingerprint density at radius 1 is 0.394 bits per heavy atom. The Kier molecular flexibility index (Phi) is 7.45. The molecule has 0 fully saturated rings. The minimum Gasteiger partial charge on any atom is -0.309 e. The summed E-state index contributed by atoms with van der Waals surface area (Å²) in [5, 5.41) is 14.8. The molecule has 3 heterocycles. The van der Waals surface area contributed by atoms with Gasteiger partial charge in [0.1, 0.15) is 0 Å². The highest BCUT2D eigenvalue weighted by atomic mass is 16.1. The van der Waals surface area contributed by atoms with Gasteiger partial charge in [-0.05, 0) is 148 Å². The summed E-state index contributed by atoms with van der Waals surface area (Å²) in [5.41, 5.74) is 17.0. The SMILES string of the molecule is C=C/C=C1\C(=C)c2ccccc2C12c1ccccc1-c1cc3c(cc12)c1ccccc1n3-c1ccc2c3ccc(-c4ccc5c(c4)c4cccc6c7ccccc7c(=O)n5c64)cc3c3ccccc3c2c1. The van der Waals surface area contributed by atoms with Gasteiger partial charge in [-0.1, -0.05) is 177 Å². The fourth-order valence-electron chi connectivity index (χ4n) is 13.5. The van der Waals surface area contributed by atoms with Crippen molar-refractivity contribution in [3.63, 3.8) is 0 Å². The Morgan fingerprint density at radius 2 is 0.944 bits per heavy atom. The first-order chi connectivity index (χ1) is 35.0.